The van der Waals surface area contributed by atoms with Crippen LogP contribution in [-0.4, -0.2) is 117 Å². The molecule has 0 radical (unpaired) electrons. The number of methoxy groups -OCH3 is 1. The number of ether oxygens (including phenoxy) is 2. The Morgan fingerprint density at radius 2 is 1.52 bits per heavy atom. The fourth-order valence-electron chi connectivity index (χ4n) is 7.30. The fourth-order valence-corrected chi connectivity index (χ4v) is 9.10. The van der Waals surface area contributed by atoms with Crippen molar-refractivity contribution < 1.29 is 27.5 Å². The Labute approximate surface area is 328 Å². The lowest BCUT2D eigenvalue weighted by atomic mass is 9.93. The number of benzene rings is 3. The Balaban J connectivity index is 1.41. The molecule has 12 nitrogen and oxygen atoms in total. The predicted octanol–water partition coefficient (Wildman–Crippen LogP) is 6.00. The zero-order valence-electron chi connectivity index (χ0n) is 30.9. The van der Waals surface area contributed by atoms with Crippen molar-refractivity contribution in [1.82, 2.24) is 24.3 Å². The average molecular weight is 800 g/mol. The number of carbonyl (C=O) groups is 2. The summed E-state index contributed by atoms with van der Waals surface area (Å²) in [5.74, 6) is 0.606. The van der Waals surface area contributed by atoms with E-state index in [2.05, 4.69) is 5.32 Å². The number of amidine groups is 1. The number of halogens is 2. The molecule has 3 unspecified atom stereocenters. The number of urea groups is 1. The zero-order valence-corrected chi connectivity index (χ0v) is 33.2. The van der Waals surface area contributed by atoms with Crippen molar-refractivity contribution in [3.8, 4) is 5.75 Å². The maximum atomic E-state index is 15.1. The number of nitrogens with one attached hydrogen (secondary N) is 1. The third-order valence-corrected chi connectivity index (χ3v) is 12.4. The molecule has 0 spiro atoms. The van der Waals surface area contributed by atoms with E-state index >= 15 is 4.79 Å². The van der Waals surface area contributed by atoms with E-state index in [1.165, 1.54) is 4.31 Å². The highest BCUT2D eigenvalue weighted by Gasteiger charge is 2.45. The van der Waals surface area contributed by atoms with E-state index in [0.29, 0.717) is 79.7 Å². The SMILES string of the molecule is CCOc1ccc(S(=O)(=O)N2CCCCC2)cc1C1=NC(c2ccc(Cl)cc2)C(c2ccc(Cl)cc2)N1C(=O)N1CCN(CC(=O)NC(C)COC)CC1. The second kappa shape index (κ2) is 17.8. The molecule has 3 amide bonds. The topological polar surface area (TPSA) is 124 Å². The van der Waals surface area contributed by atoms with E-state index < -0.39 is 22.1 Å². The van der Waals surface area contributed by atoms with E-state index in [1.807, 2.05) is 43.0 Å². The third kappa shape index (κ3) is 9.04. The Morgan fingerprint density at radius 3 is 2.13 bits per heavy atom. The van der Waals surface area contributed by atoms with Crippen molar-refractivity contribution in [2.45, 2.75) is 56.1 Å². The van der Waals surface area contributed by atoms with Crippen LogP contribution in [0.4, 0.5) is 4.79 Å². The molecule has 3 aromatic carbocycles. The Kier molecular flexibility index (Phi) is 13.2. The molecule has 0 aromatic heterocycles. The number of sulfonamides is 1. The van der Waals surface area contributed by atoms with E-state index in [0.717, 1.165) is 30.4 Å². The van der Waals surface area contributed by atoms with Crippen molar-refractivity contribution in [1.29, 1.82) is 0 Å². The lowest BCUT2D eigenvalue weighted by Gasteiger charge is -2.39. The van der Waals surface area contributed by atoms with Gasteiger partial charge in [-0.25, -0.2) is 13.2 Å². The summed E-state index contributed by atoms with van der Waals surface area (Å²) in [6.07, 6.45) is 2.59. The van der Waals surface area contributed by atoms with Gasteiger partial charge in [0.25, 0.3) is 0 Å². The number of hydrogen-bond acceptors (Lipinski definition) is 8. The molecule has 1 N–H and O–H groups in total. The van der Waals surface area contributed by atoms with Crippen molar-refractivity contribution in [2.24, 2.45) is 4.99 Å². The molecule has 0 saturated carbocycles. The molecule has 15 heteroatoms. The van der Waals surface area contributed by atoms with Crippen LogP contribution in [-0.2, 0) is 19.6 Å². The van der Waals surface area contributed by atoms with Crippen molar-refractivity contribution in [2.75, 3.05) is 66.1 Å². The van der Waals surface area contributed by atoms with Crippen molar-refractivity contribution in [3.63, 3.8) is 0 Å². The standard InChI is InChI=1S/C39H48Cl2N6O6S/c1-4-53-34-17-16-32(54(50,51)46-18-6-5-7-19-46)24-33(34)38-43-36(28-8-12-30(40)13-9-28)37(29-10-14-31(41)15-11-29)47(38)39(49)45-22-20-44(21-23-45)25-35(48)42-27(2)26-52-3/h8-17,24,27,36-37H,4-7,18-23,25-26H2,1-3H3,(H,42,48). The van der Waals surface area contributed by atoms with Crippen LogP contribution in [0.2, 0.25) is 10.0 Å². The van der Waals surface area contributed by atoms with Crippen LogP contribution >= 0.6 is 23.2 Å². The number of rotatable bonds is 12. The van der Waals surface area contributed by atoms with Gasteiger partial charge in [-0.3, -0.25) is 19.6 Å². The van der Waals surface area contributed by atoms with Gasteiger partial charge in [-0.15, -0.1) is 0 Å². The number of nitrogens with zero attached hydrogens (tertiary/aromatic N) is 5. The minimum absolute atomic E-state index is 0.107. The molecule has 54 heavy (non-hydrogen) atoms. The highest BCUT2D eigenvalue weighted by molar-refractivity contribution is 7.89. The molecule has 2 fully saturated rings. The van der Waals surface area contributed by atoms with Gasteiger partial charge in [-0.05, 0) is 80.3 Å². The smallest absolute Gasteiger partial charge is 0.326 e. The molecule has 2 saturated heterocycles. The van der Waals surface area contributed by atoms with Crippen LogP contribution in [0, 0.1) is 0 Å². The first-order valence-corrected chi connectivity index (χ1v) is 20.6. The Bertz CT molecular complexity index is 1920. The number of carbonyl (C=O) groups excluding carboxylic acids is 2. The van der Waals surface area contributed by atoms with Gasteiger partial charge in [0, 0.05) is 62.5 Å². The minimum atomic E-state index is -3.84. The summed E-state index contributed by atoms with van der Waals surface area (Å²) < 4.78 is 40.8. The summed E-state index contributed by atoms with van der Waals surface area (Å²) in [6, 6.07) is 17.9. The zero-order chi connectivity index (χ0) is 38.4. The first kappa shape index (κ1) is 40.0. The Hall–Kier alpha value is -3.72. The van der Waals surface area contributed by atoms with Crippen LogP contribution in [0.3, 0.4) is 0 Å². The summed E-state index contributed by atoms with van der Waals surface area (Å²) in [5.41, 5.74) is 2.02. The number of piperidine rings is 1. The minimum Gasteiger partial charge on any atom is -0.493 e. The van der Waals surface area contributed by atoms with Crippen molar-refractivity contribution in [3.05, 3.63) is 93.5 Å². The van der Waals surface area contributed by atoms with E-state index in [4.69, 9.17) is 37.7 Å². The van der Waals surface area contributed by atoms with Gasteiger partial charge in [-0.1, -0.05) is 53.9 Å². The summed E-state index contributed by atoms with van der Waals surface area (Å²) in [4.78, 5) is 38.6. The molecule has 0 bridgehead atoms. The second-order valence-electron chi connectivity index (χ2n) is 13.8. The van der Waals surface area contributed by atoms with Gasteiger partial charge in [-0.2, -0.15) is 4.31 Å². The van der Waals surface area contributed by atoms with E-state index in [9.17, 15) is 13.2 Å². The van der Waals surface area contributed by atoms with Crippen LogP contribution < -0.4 is 10.1 Å². The fraction of sp³-hybridized carbons (Fsp3) is 0.462. The quantitative estimate of drug-likeness (QED) is 0.239. The number of piperazine rings is 1. The van der Waals surface area contributed by atoms with Gasteiger partial charge in [0.1, 0.15) is 17.6 Å². The number of aliphatic imine (C=N–C) groups is 1. The molecular formula is C39H48Cl2N6O6S. The predicted molar refractivity (Wildman–Crippen MR) is 210 cm³/mol. The van der Waals surface area contributed by atoms with E-state index in [1.54, 1.807) is 59.4 Å². The van der Waals surface area contributed by atoms with Crippen molar-refractivity contribution >= 4 is 51.0 Å². The summed E-state index contributed by atoms with van der Waals surface area (Å²) in [6.45, 7) is 7.27. The maximum Gasteiger partial charge on any atom is 0.326 e. The molecule has 6 rings (SSSR count). The average Bonchev–Trinajstić information content (AvgIpc) is 3.56. The highest BCUT2D eigenvalue weighted by atomic mass is 35.5. The van der Waals surface area contributed by atoms with Crippen LogP contribution in [0.15, 0.2) is 76.6 Å². The summed E-state index contributed by atoms with van der Waals surface area (Å²) in [7, 11) is -2.24. The maximum absolute atomic E-state index is 15.1. The molecule has 3 atom stereocenters. The summed E-state index contributed by atoms with van der Waals surface area (Å²) in [5, 5.41) is 4.06. The lowest BCUT2D eigenvalue weighted by Crippen LogP contribution is -2.55. The van der Waals surface area contributed by atoms with Crippen LogP contribution in [0.25, 0.3) is 0 Å². The van der Waals surface area contributed by atoms with Gasteiger partial charge in [0.15, 0.2) is 0 Å². The first-order valence-electron chi connectivity index (χ1n) is 18.4. The molecule has 3 heterocycles. The molecule has 0 aliphatic carbocycles. The third-order valence-electron chi connectivity index (χ3n) is 9.97. The molecule has 290 valence electrons. The molecule has 3 aliphatic heterocycles. The van der Waals surface area contributed by atoms with E-state index in [-0.39, 0.29) is 29.4 Å². The van der Waals surface area contributed by atoms with Gasteiger partial charge < -0.3 is 19.7 Å². The molecule has 3 aromatic rings. The normalized spacial score (nSPS) is 20.4. The molecule has 3 aliphatic rings. The highest BCUT2D eigenvalue weighted by Crippen LogP contribution is 2.46. The second-order valence-corrected chi connectivity index (χ2v) is 16.7. The largest absolute Gasteiger partial charge is 0.493 e. The lowest BCUT2D eigenvalue weighted by molar-refractivity contribution is -0.123. The number of amides is 3. The van der Waals surface area contributed by atoms with Gasteiger partial charge in [0.05, 0.1) is 36.3 Å². The first-order chi connectivity index (χ1) is 26.0. The molecular weight excluding hydrogens is 751 g/mol. The van der Waals surface area contributed by atoms with Crippen LogP contribution in [0.5, 0.6) is 5.75 Å². The van der Waals surface area contributed by atoms with Crippen LogP contribution in [0.1, 0.15) is 61.9 Å². The number of hydrogen-bond donors (Lipinski definition) is 1. The summed E-state index contributed by atoms with van der Waals surface area (Å²) >= 11 is 12.7. The van der Waals surface area contributed by atoms with Gasteiger partial charge in [0.2, 0.25) is 15.9 Å². The van der Waals surface area contributed by atoms with Gasteiger partial charge >= 0.3 is 6.03 Å². The Morgan fingerprint density at radius 1 is 0.889 bits per heavy atom. The monoisotopic (exact) mass is 798 g/mol.